The third-order valence-electron chi connectivity index (χ3n) is 4.39. The van der Waals surface area contributed by atoms with Crippen molar-refractivity contribution in [1.29, 1.82) is 0 Å². The summed E-state index contributed by atoms with van der Waals surface area (Å²) < 4.78 is 1.45. The second kappa shape index (κ2) is 8.79. The summed E-state index contributed by atoms with van der Waals surface area (Å²) in [4.78, 5) is 40.4. The van der Waals surface area contributed by atoms with Crippen LogP contribution in [0.25, 0.3) is 21.3 Å². The zero-order valence-corrected chi connectivity index (χ0v) is 16.3. The minimum atomic E-state index is -0.889. The predicted molar refractivity (Wildman–Crippen MR) is 109 cm³/mol. The smallest absolute Gasteiger partial charge is 0.303 e. The van der Waals surface area contributed by atoms with E-state index in [1.807, 2.05) is 36.6 Å². The number of carboxylic acid groups (broad SMARTS) is 1. The highest BCUT2D eigenvalue weighted by Crippen LogP contribution is 2.30. The number of nitrogens with one attached hydrogen (secondary N) is 1. The molecule has 0 radical (unpaired) electrons. The van der Waals surface area contributed by atoms with E-state index in [0.29, 0.717) is 23.2 Å². The van der Waals surface area contributed by atoms with Gasteiger partial charge in [-0.1, -0.05) is 29.8 Å². The summed E-state index contributed by atoms with van der Waals surface area (Å²) in [6.45, 7) is 2.53. The molecular formula is C20H21N3O4S. The number of aryl methyl sites for hydroxylation is 2. The SMILES string of the molecule is Cc1ccc(-c2csc3ncn(CCC(=O)NCCCC(=O)O)c(=O)c23)cc1. The predicted octanol–water partition coefficient (Wildman–Crippen LogP) is 2.80. The van der Waals surface area contributed by atoms with Crippen molar-refractivity contribution in [2.24, 2.45) is 0 Å². The van der Waals surface area contributed by atoms with E-state index in [9.17, 15) is 14.4 Å². The van der Waals surface area contributed by atoms with Crippen LogP contribution in [0.1, 0.15) is 24.8 Å². The lowest BCUT2D eigenvalue weighted by Gasteiger charge is -2.07. The molecule has 2 heterocycles. The van der Waals surface area contributed by atoms with Gasteiger partial charge in [-0.05, 0) is 18.9 Å². The quantitative estimate of drug-likeness (QED) is 0.567. The molecule has 1 aromatic carbocycles. The molecule has 0 spiro atoms. The topological polar surface area (TPSA) is 101 Å². The minimum absolute atomic E-state index is 0.0142. The first-order valence-electron chi connectivity index (χ1n) is 8.98. The molecule has 0 aliphatic rings. The molecule has 0 atom stereocenters. The van der Waals surface area contributed by atoms with Crippen molar-refractivity contribution in [1.82, 2.24) is 14.9 Å². The van der Waals surface area contributed by atoms with Gasteiger partial charge in [-0.25, -0.2) is 4.98 Å². The van der Waals surface area contributed by atoms with Gasteiger partial charge >= 0.3 is 5.97 Å². The molecule has 7 nitrogen and oxygen atoms in total. The summed E-state index contributed by atoms with van der Waals surface area (Å²) >= 11 is 1.42. The number of hydrogen-bond acceptors (Lipinski definition) is 5. The Morgan fingerprint density at radius 1 is 1.21 bits per heavy atom. The number of fused-ring (bicyclic) bond motifs is 1. The normalized spacial score (nSPS) is 10.9. The molecule has 0 aliphatic carbocycles. The van der Waals surface area contributed by atoms with Gasteiger partial charge in [0.15, 0.2) is 0 Å². The number of rotatable bonds is 8. The highest BCUT2D eigenvalue weighted by atomic mass is 32.1. The Balaban J connectivity index is 1.72. The third kappa shape index (κ3) is 4.64. The van der Waals surface area contributed by atoms with E-state index < -0.39 is 5.97 Å². The molecule has 2 aromatic heterocycles. The van der Waals surface area contributed by atoms with Crippen molar-refractivity contribution in [2.45, 2.75) is 32.7 Å². The van der Waals surface area contributed by atoms with Crippen LogP contribution in [0, 0.1) is 6.92 Å². The van der Waals surface area contributed by atoms with Crippen LogP contribution < -0.4 is 10.9 Å². The molecular weight excluding hydrogens is 378 g/mol. The number of thiophene rings is 1. The molecule has 0 aliphatic heterocycles. The molecule has 146 valence electrons. The summed E-state index contributed by atoms with van der Waals surface area (Å²) in [6.07, 6.45) is 1.99. The molecule has 2 N–H and O–H groups in total. The van der Waals surface area contributed by atoms with Gasteiger partial charge in [-0.3, -0.25) is 19.0 Å². The minimum Gasteiger partial charge on any atom is -0.481 e. The average Bonchev–Trinajstić information content (AvgIpc) is 3.10. The Bertz CT molecular complexity index is 1050. The Kier molecular flexibility index (Phi) is 6.20. The Hall–Kier alpha value is -3.00. The van der Waals surface area contributed by atoms with Crippen LogP contribution in [-0.2, 0) is 16.1 Å². The van der Waals surface area contributed by atoms with Crippen molar-refractivity contribution in [3.63, 3.8) is 0 Å². The van der Waals surface area contributed by atoms with Crippen LogP contribution in [0.3, 0.4) is 0 Å². The van der Waals surface area contributed by atoms with Gasteiger partial charge in [0, 0.05) is 36.9 Å². The van der Waals surface area contributed by atoms with E-state index in [1.165, 1.54) is 22.2 Å². The molecule has 0 saturated heterocycles. The van der Waals surface area contributed by atoms with Crippen molar-refractivity contribution in [3.05, 3.63) is 51.9 Å². The summed E-state index contributed by atoms with van der Waals surface area (Å²) in [5.74, 6) is -1.11. The molecule has 0 unspecified atom stereocenters. The average molecular weight is 399 g/mol. The van der Waals surface area contributed by atoms with Crippen molar-refractivity contribution < 1.29 is 14.7 Å². The lowest BCUT2D eigenvalue weighted by molar-refractivity contribution is -0.137. The Labute approximate surface area is 165 Å². The maximum atomic E-state index is 12.9. The van der Waals surface area contributed by atoms with Crippen LogP contribution >= 0.6 is 11.3 Å². The van der Waals surface area contributed by atoms with E-state index in [-0.39, 0.29) is 30.9 Å². The fourth-order valence-corrected chi connectivity index (χ4v) is 3.76. The van der Waals surface area contributed by atoms with Gasteiger partial charge in [0.05, 0.1) is 11.7 Å². The van der Waals surface area contributed by atoms with Crippen molar-refractivity contribution in [2.75, 3.05) is 6.54 Å². The summed E-state index contributed by atoms with van der Waals surface area (Å²) in [5, 5.41) is 13.8. The molecule has 3 aromatic rings. The molecule has 0 bridgehead atoms. The summed E-state index contributed by atoms with van der Waals surface area (Å²) in [6, 6.07) is 7.97. The Morgan fingerprint density at radius 3 is 2.68 bits per heavy atom. The van der Waals surface area contributed by atoms with E-state index in [1.54, 1.807) is 0 Å². The van der Waals surface area contributed by atoms with Crippen LogP contribution in [0.4, 0.5) is 0 Å². The maximum Gasteiger partial charge on any atom is 0.303 e. The summed E-state index contributed by atoms with van der Waals surface area (Å²) in [5.41, 5.74) is 2.79. The third-order valence-corrected chi connectivity index (χ3v) is 5.28. The monoisotopic (exact) mass is 399 g/mol. The number of nitrogens with zero attached hydrogens (tertiary/aromatic N) is 2. The zero-order valence-electron chi connectivity index (χ0n) is 15.5. The fourth-order valence-electron chi connectivity index (χ4n) is 2.85. The second-order valence-electron chi connectivity index (χ2n) is 6.54. The van der Waals surface area contributed by atoms with E-state index in [2.05, 4.69) is 10.3 Å². The van der Waals surface area contributed by atoms with Crippen LogP contribution in [0.15, 0.2) is 40.8 Å². The molecule has 1 amide bonds. The number of aromatic nitrogens is 2. The maximum absolute atomic E-state index is 12.9. The number of carboxylic acids is 1. The van der Waals surface area contributed by atoms with Gasteiger partial charge in [0.1, 0.15) is 4.83 Å². The highest BCUT2D eigenvalue weighted by molar-refractivity contribution is 7.17. The number of carbonyl (C=O) groups is 2. The first-order chi connectivity index (χ1) is 13.5. The van der Waals surface area contributed by atoms with Crippen LogP contribution in [-0.4, -0.2) is 33.1 Å². The molecule has 0 saturated carbocycles. The molecule has 0 fully saturated rings. The number of aliphatic carboxylic acids is 1. The van der Waals surface area contributed by atoms with Crippen LogP contribution in [0.2, 0.25) is 0 Å². The lowest BCUT2D eigenvalue weighted by atomic mass is 10.1. The van der Waals surface area contributed by atoms with Gasteiger partial charge < -0.3 is 10.4 Å². The number of amides is 1. The van der Waals surface area contributed by atoms with Gasteiger partial charge in [0.25, 0.3) is 5.56 Å². The van der Waals surface area contributed by atoms with Gasteiger partial charge in [-0.15, -0.1) is 11.3 Å². The zero-order chi connectivity index (χ0) is 20.1. The van der Waals surface area contributed by atoms with E-state index >= 15 is 0 Å². The lowest BCUT2D eigenvalue weighted by Crippen LogP contribution is -2.28. The number of benzene rings is 1. The fraction of sp³-hybridized carbons (Fsp3) is 0.300. The largest absolute Gasteiger partial charge is 0.481 e. The van der Waals surface area contributed by atoms with Crippen molar-refractivity contribution >= 4 is 33.4 Å². The summed E-state index contributed by atoms with van der Waals surface area (Å²) in [7, 11) is 0. The van der Waals surface area contributed by atoms with Gasteiger partial charge in [0.2, 0.25) is 5.91 Å². The van der Waals surface area contributed by atoms with E-state index in [0.717, 1.165) is 16.7 Å². The van der Waals surface area contributed by atoms with E-state index in [4.69, 9.17) is 5.11 Å². The highest BCUT2D eigenvalue weighted by Gasteiger charge is 2.14. The standard InChI is InChI=1S/C20H21N3O4S/c1-13-4-6-14(7-5-13)15-11-28-19-18(15)20(27)23(12-22-19)10-8-16(24)21-9-2-3-17(25)26/h4-7,11-12H,2-3,8-10H2,1H3,(H,21,24)(H,25,26). The first kappa shape index (κ1) is 19.8. The number of carbonyl (C=O) groups excluding carboxylic acids is 1. The van der Waals surface area contributed by atoms with Crippen LogP contribution in [0.5, 0.6) is 0 Å². The Morgan fingerprint density at radius 2 is 1.96 bits per heavy atom. The van der Waals surface area contributed by atoms with Gasteiger partial charge in [-0.2, -0.15) is 0 Å². The number of hydrogen-bond donors (Lipinski definition) is 2. The molecule has 8 heteroatoms. The first-order valence-corrected chi connectivity index (χ1v) is 9.86. The molecule has 3 rings (SSSR count). The second-order valence-corrected chi connectivity index (χ2v) is 7.39. The van der Waals surface area contributed by atoms with Crippen molar-refractivity contribution in [3.8, 4) is 11.1 Å². The molecule has 28 heavy (non-hydrogen) atoms.